The number of anilines is 2. The van der Waals surface area contributed by atoms with Gasteiger partial charge in [-0.25, -0.2) is 10.9 Å². The van der Waals surface area contributed by atoms with E-state index in [-0.39, 0.29) is 29.7 Å². The predicted molar refractivity (Wildman–Crippen MR) is 263 cm³/mol. The highest BCUT2D eigenvalue weighted by molar-refractivity contribution is 6.10. The molecule has 2 amide bonds. The van der Waals surface area contributed by atoms with E-state index in [4.69, 9.17) is 38.5 Å². The molecule has 336 valence electrons. The van der Waals surface area contributed by atoms with Crippen LogP contribution in [-0.2, 0) is 0 Å². The van der Waals surface area contributed by atoms with Crippen molar-refractivity contribution >= 4 is 70.3 Å². The van der Waals surface area contributed by atoms with Crippen molar-refractivity contribution in [3.63, 3.8) is 0 Å². The molecule has 0 fully saturated rings. The van der Waals surface area contributed by atoms with Gasteiger partial charge >= 0.3 is 0 Å². The molecule has 0 aliphatic carbocycles. The quantitative estimate of drug-likeness (QED) is 0.0440. The summed E-state index contributed by atoms with van der Waals surface area (Å²) in [6.45, 7) is 7.00. The average molecular weight is 879 g/mol. The number of rotatable bonds is 13. The lowest BCUT2D eigenvalue weighted by atomic mass is 9.98. The van der Waals surface area contributed by atoms with E-state index in [1.165, 1.54) is 0 Å². The number of nitrogens with zero attached hydrogens (tertiary/aromatic N) is 3. The summed E-state index contributed by atoms with van der Waals surface area (Å²) >= 11 is 0. The van der Waals surface area contributed by atoms with E-state index in [1.807, 2.05) is 79.7 Å². The van der Waals surface area contributed by atoms with E-state index in [2.05, 4.69) is 59.4 Å². The largest absolute Gasteiger partial charge is 0.390 e. The van der Waals surface area contributed by atoms with Crippen LogP contribution in [0, 0.1) is 27.0 Å². The normalized spacial score (nSPS) is 10.9. The number of hydrazone groups is 3. The van der Waals surface area contributed by atoms with E-state index in [0.29, 0.717) is 62.0 Å². The van der Waals surface area contributed by atoms with Gasteiger partial charge in [-0.3, -0.25) is 31.2 Å². The molecule has 0 spiro atoms. The molecule has 0 aliphatic heterocycles. The zero-order valence-electron chi connectivity index (χ0n) is 36.5. The van der Waals surface area contributed by atoms with Crippen LogP contribution < -0.4 is 55.6 Å². The van der Waals surface area contributed by atoms with Gasteiger partial charge in [-0.2, -0.15) is 15.3 Å². The molecule has 0 bridgehead atoms. The van der Waals surface area contributed by atoms with Crippen LogP contribution in [-0.4, -0.2) is 65.9 Å². The predicted octanol–water partition coefficient (Wildman–Crippen LogP) is 4.66. The standard InChI is InChI=1S/C43H45N13O2.CH5N3.CH4N2/c1-24(44)34-18-35(26(3)53-55-42(45)46)21-38(20-34)50-40(57)32-10-6-8-30(16-32)28-12-14-29(15-13-28)31-9-7-11-33(17-31)41(58)51-39-22-36(25(2)52-49-5)19-37(23-39)27(4)54-56-43(47)48;2-1(3)4;2-1-3/h6-23,44,49H,1-5H3,(H,50,57)(H,51,58)(H4,45,46,55)(H4,47,48,56);(H5,2,3,4);1H,(H3,2,3)/b44-24?,52-25+,53-26-,54-27-;;. The molecule has 0 aliphatic rings. The van der Waals surface area contributed by atoms with Crippen LogP contribution >= 0.6 is 0 Å². The highest BCUT2D eigenvalue weighted by Crippen LogP contribution is 2.27. The first-order valence-electron chi connectivity index (χ1n) is 19.5. The second-order valence-corrected chi connectivity index (χ2v) is 13.9. The number of hydrogen-bond acceptors (Lipinski definition) is 11. The molecule has 0 aromatic heterocycles. The molecule has 65 heavy (non-hydrogen) atoms. The number of carbonyl (C=O) groups excluding carboxylic acids is 2. The van der Waals surface area contributed by atoms with Gasteiger partial charge in [-0.1, -0.05) is 48.5 Å². The Balaban J connectivity index is 0.00000150. The number of hydrogen-bond donors (Lipinski definition) is 15. The Morgan fingerprint density at radius 3 is 1.18 bits per heavy atom. The summed E-state index contributed by atoms with van der Waals surface area (Å²) in [4.78, 5) is 27.1. The van der Waals surface area contributed by atoms with Gasteiger partial charge < -0.3 is 50.1 Å². The van der Waals surface area contributed by atoms with Gasteiger partial charge in [-0.15, -0.1) is 0 Å². The molecular weight excluding hydrogens is 825 g/mol. The minimum atomic E-state index is -0.333. The highest BCUT2D eigenvalue weighted by Gasteiger charge is 2.14. The molecule has 0 radical (unpaired) electrons. The van der Waals surface area contributed by atoms with Crippen LogP contribution in [0.5, 0.6) is 0 Å². The molecule has 5 rings (SSSR count). The molecule has 20 N–H and O–H groups in total. The molecule has 0 saturated heterocycles. The third-order valence-corrected chi connectivity index (χ3v) is 8.84. The Morgan fingerprint density at radius 1 is 0.508 bits per heavy atom. The first kappa shape index (κ1) is 50.2. The Bertz CT molecular complexity index is 2660. The van der Waals surface area contributed by atoms with Gasteiger partial charge in [0.2, 0.25) is 11.9 Å². The topological polar surface area (TPSA) is 381 Å². The Morgan fingerprint density at radius 2 is 0.846 bits per heavy atom. The van der Waals surface area contributed by atoms with Crippen LogP contribution in [0.4, 0.5) is 11.4 Å². The summed E-state index contributed by atoms with van der Waals surface area (Å²) < 4.78 is 0. The summed E-state index contributed by atoms with van der Waals surface area (Å²) in [7, 11) is 1.70. The van der Waals surface area contributed by atoms with Gasteiger partial charge in [-0.05, 0) is 116 Å². The van der Waals surface area contributed by atoms with Gasteiger partial charge in [0.25, 0.3) is 11.8 Å². The summed E-state index contributed by atoms with van der Waals surface area (Å²) in [5.41, 5.74) is 42.0. The maximum atomic E-state index is 13.6. The lowest BCUT2D eigenvalue weighted by molar-refractivity contribution is 0.101. The van der Waals surface area contributed by atoms with E-state index in [1.54, 1.807) is 64.2 Å². The van der Waals surface area contributed by atoms with Crippen molar-refractivity contribution in [2.45, 2.75) is 27.7 Å². The SMILES string of the molecule is CN/N=C(\C)c1cc(NC(=O)c2cccc(-c3ccc(-c4cccc(C(=O)Nc5cc(C(C)=N)cc(/C(C)=N\NC(=N)N)c5)c4)cc3)c2)cc(/C(C)=N\NC(=N)N)c1.N=C(N)N.N=CN. The van der Waals surface area contributed by atoms with Crippen molar-refractivity contribution in [1.29, 1.82) is 27.0 Å². The molecule has 20 nitrogen and oxygen atoms in total. The van der Waals surface area contributed by atoms with Crippen molar-refractivity contribution in [2.75, 3.05) is 17.7 Å². The second-order valence-electron chi connectivity index (χ2n) is 13.9. The fraction of sp³-hybridized carbons (Fsp3) is 0.111. The lowest BCUT2D eigenvalue weighted by Crippen LogP contribution is -2.26. The smallest absolute Gasteiger partial charge is 0.255 e. The fourth-order valence-corrected chi connectivity index (χ4v) is 5.83. The molecule has 0 unspecified atom stereocenters. The zero-order chi connectivity index (χ0) is 48.2. The van der Waals surface area contributed by atoms with Crippen LogP contribution in [0.1, 0.15) is 70.7 Å². The molecule has 20 heteroatoms. The maximum absolute atomic E-state index is 13.6. The van der Waals surface area contributed by atoms with Gasteiger partial charge in [0.1, 0.15) is 0 Å². The van der Waals surface area contributed by atoms with E-state index in [0.717, 1.165) is 34.2 Å². The molecule has 5 aromatic carbocycles. The number of nitrogens with two attached hydrogens (primary N) is 5. The van der Waals surface area contributed by atoms with Crippen LogP contribution in [0.3, 0.4) is 0 Å². The third-order valence-electron chi connectivity index (χ3n) is 8.84. The van der Waals surface area contributed by atoms with Crippen molar-refractivity contribution in [3.05, 3.63) is 143 Å². The minimum absolute atomic E-state index is 0.293. The monoisotopic (exact) mass is 878 g/mol. The third kappa shape index (κ3) is 16.0. The number of benzene rings is 5. The highest BCUT2D eigenvalue weighted by atomic mass is 16.2. The number of amides is 2. The maximum Gasteiger partial charge on any atom is 0.255 e. The first-order valence-corrected chi connectivity index (χ1v) is 19.5. The first-order chi connectivity index (χ1) is 30.8. The molecule has 0 saturated carbocycles. The average Bonchev–Trinajstić information content (AvgIpc) is 3.27. The second kappa shape index (κ2) is 24.3. The molecule has 5 aromatic rings. The van der Waals surface area contributed by atoms with Crippen molar-refractivity contribution in [3.8, 4) is 22.3 Å². The van der Waals surface area contributed by atoms with Crippen LogP contribution in [0.2, 0.25) is 0 Å². The van der Waals surface area contributed by atoms with Crippen LogP contribution in [0.25, 0.3) is 22.3 Å². The number of guanidine groups is 3. The summed E-state index contributed by atoms with van der Waals surface area (Å²) in [5, 5.41) is 53.3. The molecular formula is C45H54N18O2. The summed E-state index contributed by atoms with van der Waals surface area (Å²) in [6, 6.07) is 33.2. The Kier molecular flexibility index (Phi) is 18.7. The zero-order valence-corrected chi connectivity index (χ0v) is 36.5. The van der Waals surface area contributed by atoms with Gasteiger partial charge in [0.15, 0.2) is 5.96 Å². The lowest BCUT2D eigenvalue weighted by Gasteiger charge is -2.12. The van der Waals surface area contributed by atoms with E-state index in [9.17, 15) is 9.59 Å². The van der Waals surface area contributed by atoms with Crippen molar-refractivity contribution in [2.24, 2.45) is 44.0 Å². The van der Waals surface area contributed by atoms with Crippen LogP contribution in [0.15, 0.2) is 124 Å². The molecule has 0 atom stereocenters. The Labute approximate surface area is 376 Å². The van der Waals surface area contributed by atoms with E-state index >= 15 is 0 Å². The summed E-state index contributed by atoms with van der Waals surface area (Å²) in [6.07, 6.45) is 0.750. The minimum Gasteiger partial charge on any atom is -0.390 e. The molecule has 0 heterocycles. The number of carbonyl (C=O) groups is 2. The van der Waals surface area contributed by atoms with Gasteiger partial charge in [0.05, 0.1) is 23.5 Å². The summed E-state index contributed by atoms with van der Waals surface area (Å²) in [5.74, 6) is -1.56. The fourth-order valence-electron chi connectivity index (χ4n) is 5.83. The van der Waals surface area contributed by atoms with E-state index < -0.39 is 0 Å². The number of nitrogens with one attached hydrogen (secondary N) is 10. The van der Waals surface area contributed by atoms with Crippen molar-refractivity contribution in [1.82, 2.24) is 16.3 Å². The Hall–Kier alpha value is -9.20. The van der Waals surface area contributed by atoms with Crippen molar-refractivity contribution < 1.29 is 9.59 Å². The van der Waals surface area contributed by atoms with Gasteiger partial charge in [0, 0.05) is 52.0 Å².